The molecule has 2 saturated heterocycles. The molecule has 2 heterocycles. The van der Waals surface area contributed by atoms with E-state index in [4.69, 9.17) is 4.74 Å². The van der Waals surface area contributed by atoms with Gasteiger partial charge in [0.1, 0.15) is 17.8 Å². The molecular weight excluding hydrogens is 436 g/mol. The summed E-state index contributed by atoms with van der Waals surface area (Å²) in [5.41, 5.74) is 0.931. The Morgan fingerprint density at radius 2 is 1.68 bits per heavy atom. The van der Waals surface area contributed by atoms with Crippen molar-refractivity contribution in [2.45, 2.75) is 24.9 Å². The number of carbonyl (C=O) groups excluding carboxylic acids is 4. The van der Waals surface area contributed by atoms with Crippen LogP contribution in [0.3, 0.4) is 0 Å². The lowest BCUT2D eigenvalue weighted by molar-refractivity contribution is -0.133. The Labute approximate surface area is 198 Å². The Hall–Kier alpha value is -3.88. The normalized spacial score (nSPS) is 20.3. The summed E-state index contributed by atoms with van der Waals surface area (Å²) < 4.78 is 5.16. The predicted octanol–water partition coefficient (Wildman–Crippen LogP) is 1.06. The number of hydrogen-bond acceptors (Lipinski definition) is 5. The van der Waals surface area contributed by atoms with Crippen molar-refractivity contribution in [3.05, 3.63) is 65.7 Å². The highest BCUT2D eigenvalue weighted by Gasteiger charge is 2.39. The highest BCUT2D eigenvalue weighted by molar-refractivity contribution is 6.00. The monoisotopic (exact) mass is 464 g/mol. The third kappa shape index (κ3) is 5.03. The van der Waals surface area contributed by atoms with E-state index >= 15 is 0 Å². The lowest BCUT2D eigenvalue weighted by atomic mass is 10.0. The molecule has 2 N–H and O–H groups in total. The van der Waals surface area contributed by atoms with E-state index in [0.29, 0.717) is 36.4 Å². The first-order valence-electron chi connectivity index (χ1n) is 11.4. The van der Waals surface area contributed by atoms with Crippen molar-refractivity contribution in [1.29, 1.82) is 0 Å². The van der Waals surface area contributed by atoms with Gasteiger partial charge in [-0.15, -0.1) is 0 Å². The molecule has 9 heteroatoms. The van der Waals surface area contributed by atoms with Crippen LogP contribution in [0.4, 0.5) is 0 Å². The van der Waals surface area contributed by atoms with E-state index in [9.17, 15) is 19.2 Å². The minimum Gasteiger partial charge on any atom is -0.497 e. The van der Waals surface area contributed by atoms with Crippen molar-refractivity contribution in [2.24, 2.45) is 0 Å². The molecular formula is C25H28N4O5. The molecule has 34 heavy (non-hydrogen) atoms. The lowest BCUT2D eigenvalue weighted by Gasteiger charge is -2.41. The first-order valence-corrected chi connectivity index (χ1v) is 11.4. The summed E-state index contributed by atoms with van der Waals surface area (Å²) in [7, 11) is 1.54. The zero-order valence-electron chi connectivity index (χ0n) is 19.0. The molecule has 178 valence electrons. The molecule has 2 aromatic rings. The van der Waals surface area contributed by atoms with E-state index in [1.165, 1.54) is 4.90 Å². The number of amides is 4. The smallest absolute Gasteiger partial charge is 0.254 e. The molecule has 0 saturated carbocycles. The first kappa shape index (κ1) is 23.3. The zero-order chi connectivity index (χ0) is 24.1. The zero-order valence-corrected chi connectivity index (χ0v) is 19.0. The maximum absolute atomic E-state index is 13.3. The Morgan fingerprint density at radius 3 is 2.35 bits per heavy atom. The molecule has 2 atom stereocenters. The molecule has 4 amide bonds. The number of rotatable bonds is 5. The van der Waals surface area contributed by atoms with Crippen LogP contribution in [0, 0.1) is 0 Å². The van der Waals surface area contributed by atoms with Gasteiger partial charge in [-0.1, -0.05) is 18.2 Å². The Bertz CT molecular complexity index is 1060. The average molecular weight is 465 g/mol. The highest BCUT2D eigenvalue weighted by Crippen LogP contribution is 2.19. The summed E-state index contributed by atoms with van der Waals surface area (Å²) in [4.78, 5) is 54.9. The van der Waals surface area contributed by atoms with Crippen LogP contribution < -0.4 is 15.4 Å². The van der Waals surface area contributed by atoms with E-state index < -0.39 is 18.0 Å². The fourth-order valence-corrected chi connectivity index (χ4v) is 4.28. The van der Waals surface area contributed by atoms with Crippen LogP contribution in [0.2, 0.25) is 0 Å². The molecule has 0 aromatic heterocycles. The number of carbonyl (C=O) groups is 4. The van der Waals surface area contributed by atoms with E-state index in [2.05, 4.69) is 10.6 Å². The van der Waals surface area contributed by atoms with Crippen molar-refractivity contribution < 1.29 is 23.9 Å². The number of nitrogens with one attached hydrogen (secondary N) is 2. The maximum atomic E-state index is 13.3. The SMILES string of the molecule is COc1ccc(C(=O)N2CCN(C(=O)c3ccccc3)C[C@@H]2C(=O)N[C@@H]2CCCNC2=O)cc1. The molecule has 0 unspecified atom stereocenters. The van der Waals surface area contributed by atoms with Crippen molar-refractivity contribution in [2.75, 3.05) is 33.3 Å². The second kappa shape index (κ2) is 10.4. The summed E-state index contributed by atoms with van der Waals surface area (Å²) in [6, 6.07) is 13.9. The summed E-state index contributed by atoms with van der Waals surface area (Å²) in [6.07, 6.45) is 1.29. The largest absolute Gasteiger partial charge is 0.497 e. The second-order valence-electron chi connectivity index (χ2n) is 8.35. The molecule has 9 nitrogen and oxygen atoms in total. The highest BCUT2D eigenvalue weighted by atomic mass is 16.5. The molecule has 4 rings (SSSR count). The number of benzene rings is 2. The molecule has 2 aromatic carbocycles. The van der Waals surface area contributed by atoms with Crippen LogP contribution in [0.1, 0.15) is 33.6 Å². The van der Waals surface area contributed by atoms with E-state index in [1.807, 2.05) is 6.07 Å². The van der Waals surface area contributed by atoms with E-state index in [-0.39, 0.29) is 30.8 Å². The van der Waals surface area contributed by atoms with Crippen molar-refractivity contribution in [3.8, 4) is 5.75 Å². The Kier molecular flexibility index (Phi) is 7.10. The van der Waals surface area contributed by atoms with E-state index in [1.54, 1.807) is 60.5 Å². The van der Waals surface area contributed by atoms with Gasteiger partial charge in [0.25, 0.3) is 11.8 Å². The molecule has 0 radical (unpaired) electrons. The Morgan fingerprint density at radius 1 is 0.971 bits per heavy atom. The number of piperidine rings is 1. The van der Waals surface area contributed by atoms with E-state index in [0.717, 1.165) is 6.42 Å². The number of hydrogen-bond donors (Lipinski definition) is 2. The fraction of sp³-hybridized carbons (Fsp3) is 0.360. The fourth-order valence-electron chi connectivity index (χ4n) is 4.28. The summed E-state index contributed by atoms with van der Waals surface area (Å²) in [6.45, 7) is 1.10. The molecule has 0 bridgehead atoms. The van der Waals surface area contributed by atoms with Crippen LogP contribution in [-0.2, 0) is 9.59 Å². The van der Waals surface area contributed by atoms with Gasteiger partial charge in [-0.05, 0) is 49.2 Å². The molecule has 2 aliphatic heterocycles. The van der Waals surface area contributed by atoms with Crippen LogP contribution in [0.5, 0.6) is 5.75 Å². The van der Waals surface area contributed by atoms with Gasteiger partial charge in [-0.2, -0.15) is 0 Å². The predicted molar refractivity (Wildman–Crippen MR) is 124 cm³/mol. The lowest BCUT2D eigenvalue weighted by Crippen LogP contribution is -2.63. The molecule has 0 spiro atoms. The number of piperazine rings is 1. The molecule has 0 aliphatic carbocycles. The summed E-state index contributed by atoms with van der Waals surface area (Å²) in [5.74, 6) is -0.587. The van der Waals surface area contributed by atoms with Gasteiger partial charge in [0.05, 0.1) is 13.7 Å². The quantitative estimate of drug-likeness (QED) is 0.688. The standard InChI is InChI=1S/C25H28N4O5/c1-34-19-11-9-18(10-12-19)25(33)29-15-14-28(24(32)17-6-3-2-4-7-17)16-21(29)23(31)27-20-8-5-13-26-22(20)30/h2-4,6-7,9-12,20-21H,5,8,13-16H2,1H3,(H,26,30)(H,27,31)/t20-,21-/m1/s1. The van der Waals surface area contributed by atoms with Gasteiger partial charge >= 0.3 is 0 Å². The van der Waals surface area contributed by atoms with Crippen molar-refractivity contribution in [1.82, 2.24) is 20.4 Å². The summed E-state index contributed by atoms with van der Waals surface area (Å²) >= 11 is 0. The topological polar surface area (TPSA) is 108 Å². The van der Waals surface area contributed by atoms with Crippen LogP contribution in [0.25, 0.3) is 0 Å². The van der Waals surface area contributed by atoms with Gasteiger partial charge in [0.2, 0.25) is 11.8 Å². The maximum Gasteiger partial charge on any atom is 0.254 e. The van der Waals surface area contributed by atoms with Gasteiger partial charge in [0, 0.05) is 30.8 Å². The average Bonchev–Trinajstić information content (AvgIpc) is 2.89. The van der Waals surface area contributed by atoms with Gasteiger partial charge in [0.15, 0.2) is 0 Å². The van der Waals surface area contributed by atoms with Crippen LogP contribution in [0.15, 0.2) is 54.6 Å². The third-order valence-corrected chi connectivity index (χ3v) is 6.19. The van der Waals surface area contributed by atoms with Gasteiger partial charge in [-0.25, -0.2) is 0 Å². The van der Waals surface area contributed by atoms with Gasteiger partial charge in [-0.3, -0.25) is 19.2 Å². The second-order valence-corrected chi connectivity index (χ2v) is 8.35. The minimum atomic E-state index is -0.925. The van der Waals surface area contributed by atoms with Crippen LogP contribution in [-0.4, -0.2) is 78.8 Å². The first-order chi connectivity index (χ1) is 16.5. The molecule has 2 aliphatic rings. The Balaban J connectivity index is 1.56. The number of methoxy groups -OCH3 is 1. The van der Waals surface area contributed by atoms with Crippen molar-refractivity contribution in [3.63, 3.8) is 0 Å². The van der Waals surface area contributed by atoms with Gasteiger partial charge < -0.3 is 25.2 Å². The third-order valence-electron chi connectivity index (χ3n) is 6.19. The van der Waals surface area contributed by atoms with Crippen LogP contribution >= 0.6 is 0 Å². The summed E-state index contributed by atoms with van der Waals surface area (Å²) in [5, 5.41) is 5.54. The molecule has 2 fully saturated rings. The minimum absolute atomic E-state index is 0.0375. The van der Waals surface area contributed by atoms with Crippen molar-refractivity contribution >= 4 is 23.6 Å². The number of nitrogens with zero attached hydrogens (tertiary/aromatic N) is 2. The number of ether oxygens (including phenoxy) is 1.